The minimum Gasteiger partial charge on any atom is -0.481 e. The van der Waals surface area contributed by atoms with Crippen molar-refractivity contribution in [2.45, 2.75) is 20.3 Å². The second-order valence-electron chi connectivity index (χ2n) is 3.77. The average Bonchev–Trinajstić information content (AvgIpc) is 2.29. The summed E-state index contributed by atoms with van der Waals surface area (Å²) in [5.41, 5.74) is 0. The number of hydrogen-bond acceptors (Lipinski definition) is 4. The van der Waals surface area contributed by atoms with Crippen LogP contribution in [0.3, 0.4) is 0 Å². The van der Waals surface area contributed by atoms with E-state index in [-0.39, 0.29) is 25.3 Å². The van der Waals surface area contributed by atoms with Gasteiger partial charge in [-0.3, -0.25) is 9.59 Å². The highest BCUT2D eigenvalue weighted by Gasteiger charge is 2.21. The molecule has 0 aliphatic heterocycles. The molecule has 0 aromatic heterocycles. The van der Waals surface area contributed by atoms with Crippen LogP contribution in [0.1, 0.15) is 20.3 Å². The highest BCUT2D eigenvalue weighted by atomic mass is 32.2. The highest BCUT2D eigenvalue weighted by Crippen LogP contribution is 2.00. The number of carbonyl (C=O) groups excluding carboxylic acids is 1. The molecule has 1 N–H and O–H groups in total. The van der Waals surface area contributed by atoms with Crippen molar-refractivity contribution in [2.75, 3.05) is 32.4 Å². The number of nitrogens with zero attached hydrogens (tertiary/aromatic N) is 2. The molecular weight excluding hydrogens is 260 g/mol. The molecule has 0 aromatic rings. The Balaban J connectivity index is 4.49. The van der Waals surface area contributed by atoms with Crippen LogP contribution in [-0.4, -0.2) is 67.0 Å². The molecule has 1 amide bonds. The standard InChI is InChI=1S/C10H20N2O5S/c1-4-12(7-6-10(14)15)9(13)8-11(3)18(16,17)5-2/h4-8H2,1-3H3,(H,14,15). The van der Waals surface area contributed by atoms with Crippen molar-refractivity contribution in [3.8, 4) is 0 Å². The molecule has 7 nitrogen and oxygen atoms in total. The lowest BCUT2D eigenvalue weighted by Gasteiger charge is -2.23. The number of amides is 1. The number of sulfonamides is 1. The predicted octanol–water partition coefficient (Wildman–Crippen LogP) is -0.409. The highest BCUT2D eigenvalue weighted by molar-refractivity contribution is 7.89. The quantitative estimate of drug-likeness (QED) is 0.652. The zero-order valence-corrected chi connectivity index (χ0v) is 11.7. The van der Waals surface area contributed by atoms with Crippen LogP contribution in [0, 0.1) is 0 Å². The lowest BCUT2D eigenvalue weighted by molar-refractivity contribution is -0.138. The first-order chi connectivity index (χ1) is 8.24. The van der Waals surface area contributed by atoms with Gasteiger partial charge < -0.3 is 10.0 Å². The fourth-order valence-corrected chi connectivity index (χ4v) is 2.05. The molecule has 0 saturated heterocycles. The van der Waals surface area contributed by atoms with Crippen molar-refractivity contribution in [2.24, 2.45) is 0 Å². The summed E-state index contributed by atoms with van der Waals surface area (Å²) in [7, 11) is -2.06. The van der Waals surface area contributed by atoms with E-state index < -0.39 is 21.9 Å². The first-order valence-electron chi connectivity index (χ1n) is 5.68. The second-order valence-corrected chi connectivity index (χ2v) is 6.14. The maximum absolute atomic E-state index is 11.8. The van der Waals surface area contributed by atoms with Crippen LogP contribution in [0.2, 0.25) is 0 Å². The van der Waals surface area contributed by atoms with Crippen LogP contribution in [-0.2, 0) is 19.6 Å². The van der Waals surface area contributed by atoms with Crippen molar-refractivity contribution in [3.63, 3.8) is 0 Å². The molecule has 0 spiro atoms. The van der Waals surface area contributed by atoms with Gasteiger partial charge in [0.05, 0.1) is 18.7 Å². The summed E-state index contributed by atoms with van der Waals surface area (Å²) in [5, 5.41) is 8.54. The van der Waals surface area contributed by atoms with Gasteiger partial charge in [-0.05, 0) is 13.8 Å². The zero-order valence-electron chi connectivity index (χ0n) is 10.9. The van der Waals surface area contributed by atoms with E-state index >= 15 is 0 Å². The maximum Gasteiger partial charge on any atom is 0.305 e. The Kier molecular flexibility index (Phi) is 6.85. The normalized spacial score (nSPS) is 11.6. The lowest BCUT2D eigenvalue weighted by atomic mass is 10.3. The topological polar surface area (TPSA) is 95.0 Å². The molecular formula is C10H20N2O5S. The Morgan fingerprint density at radius 1 is 1.22 bits per heavy atom. The van der Waals surface area contributed by atoms with Gasteiger partial charge in [0.2, 0.25) is 15.9 Å². The van der Waals surface area contributed by atoms with Gasteiger partial charge in [-0.1, -0.05) is 0 Å². The molecule has 0 aliphatic carbocycles. The smallest absolute Gasteiger partial charge is 0.305 e. The van der Waals surface area contributed by atoms with Crippen molar-refractivity contribution in [1.82, 2.24) is 9.21 Å². The van der Waals surface area contributed by atoms with E-state index in [4.69, 9.17) is 5.11 Å². The van der Waals surface area contributed by atoms with Crippen LogP contribution in [0.5, 0.6) is 0 Å². The van der Waals surface area contributed by atoms with Crippen molar-refractivity contribution < 1.29 is 23.1 Å². The molecule has 8 heteroatoms. The van der Waals surface area contributed by atoms with Crippen LogP contribution < -0.4 is 0 Å². The van der Waals surface area contributed by atoms with Crippen LogP contribution >= 0.6 is 0 Å². The summed E-state index contributed by atoms with van der Waals surface area (Å²) in [4.78, 5) is 23.5. The number of carbonyl (C=O) groups is 2. The zero-order chi connectivity index (χ0) is 14.3. The summed E-state index contributed by atoms with van der Waals surface area (Å²) >= 11 is 0. The van der Waals surface area contributed by atoms with E-state index in [1.165, 1.54) is 18.9 Å². The molecule has 106 valence electrons. The molecule has 18 heavy (non-hydrogen) atoms. The molecule has 0 bridgehead atoms. The third-order valence-corrected chi connectivity index (χ3v) is 4.34. The molecule has 0 saturated carbocycles. The van der Waals surface area contributed by atoms with Gasteiger partial charge in [0.1, 0.15) is 0 Å². The van der Waals surface area contributed by atoms with Gasteiger partial charge in [0.25, 0.3) is 0 Å². The summed E-state index contributed by atoms with van der Waals surface area (Å²) < 4.78 is 23.9. The number of likely N-dealkylation sites (N-methyl/N-ethyl adjacent to an activating group) is 2. The van der Waals surface area contributed by atoms with Gasteiger partial charge >= 0.3 is 5.97 Å². The van der Waals surface area contributed by atoms with E-state index in [0.29, 0.717) is 6.54 Å². The van der Waals surface area contributed by atoms with Gasteiger partial charge in [-0.2, -0.15) is 4.31 Å². The fourth-order valence-electron chi connectivity index (χ4n) is 1.30. The van der Waals surface area contributed by atoms with Crippen molar-refractivity contribution in [3.05, 3.63) is 0 Å². The first-order valence-corrected chi connectivity index (χ1v) is 7.29. The first kappa shape index (κ1) is 16.9. The fraction of sp³-hybridized carbons (Fsp3) is 0.800. The number of aliphatic carboxylic acids is 1. The van der Waals surface area contributed by atoms with Crippen molar-refractivity contribution in [1.29, 1.82) is 0 Å². The van der Waals surface area contributed by atoms with Gasteiger partial charge in [-0.25, -0.2) is 8.42 Å². The van der Waals surface area contributed by atoms with E-state index in [1.807, 2.05) is 0 Å². The van der Waals surface area contributed by atoms with Gasteiger partial charge in [0.15, 0.2) is 0 Å². The monoisotopic (exact) mass is 280 g/mol. The summed E-state index contributed by atoms with van der Waals surface area (Å²) in [6.07, 6.45) is -0.149. The maximum atomic E-state index is 11.8. The number of hydrogen-bond donors (Lipinski definition) is 1. The molecule has 0 atom stereocenters. The Bertz CT molecular complexity index is 393. The van der Waals surface area contributed by atoms with E-state index in [1.54, 1.807) is 6.92 Å². The van der Waals surface area contributed by atoms with Crippen LogP contribution in [0.15, 0.2) is 0 Å². The molecule has 0 unspecified atom stereocenters. The van der Waals surface area contributed by atoms with Gasteiger partial charge in [-0.15, -0.1) is 0 Å². The largest absolute Gasteiger partial charge is 0.481 e. The third kappa shape index (κ3) is 5.46. The molecule has 0 heterocycles. The Labute approximate surface area is 107 Å². The Morgan fingerprint density at radius 2 is 1.78 bits per heavy atom. The lowest BCUT2D eigenvalue weighted by Crippen LogP contribution is -2.42. The minimum atomic E-state index is -3.40. The molecule has 0 fully saturated rings. The van der Waals surface area contributed by atoms with Crippen molar-refractivity contribution >= 4 is 21.9 Å². The number of carboxylic acids is 1. The second kappa shape index (κ2) is 7.32. The molecule has 0 aromatic carbocycles. The third-order valence-electron chi connectivity index (χ3n) is 2.53. The number of carboxylic acid groups (broad SMARTS) is 1. The Morgan fingerprint density at radius 3 is 2.17 bits per heavy atom. The van der Waals surface area contributed by atoms with E-state index in [2.05, 4.69) is 0 Å². The van der Waals surface area contributed by atoms with Crippen LogP contribution in [0.25, 0.3) is 0 Å². The van der Waals surface area contributed by atoms with Gasteiger partial charge in [0, 0.05) is 20.1 Å². The summed E-state index contributed by atoms with van der Waals surface area (Å²) in [6, 6.07) is 0. The predicted molar refractivity (Wildman–Crippen MR) is 66.6 cm³/mol. The summed E-state index contributed by atoms with van der Waals surface area (Å²) in [6.45, 7) is 3.40. The molecule has 0 rings (SSSR count). The average molecular weight is 280 g/mol. The van der Waals surface area contributed by atoms with E-state index in [9.17, 15) is 18.0 Å². The Hall–Kier alpha value is -1.15. The minimum absolute atomic E-state index is 0.0714. The van der Waals surface area contributed by atoms with Crippen LogP contribution in [0.4, 0.5) is 0 Å². The summed E-state index contributed by atoms with van der Waals surface area (Å²) in [5.74, 6) is -1.45. The van der Waals surface area contributed by atoms with E-state index in [0.717, 1.165) is 4.31 Å². The number of rotatable bonds is 8. The molecule has 0 radical (unpaired) electrons. The molecule has 0 aliphatic rings. The SMILES string of the molecule is CCN(CCC(=O)O)C(=O)CN(C)S(=O)(=O)CC.